The lowest BCUT2D eigenvalue weighted by atomic mass is 10.1. The summed E-state index contributed by atoms with van der Waals surface area (Å²) in [5.74, 6) is -0.207. The Morgan fingerprint density at radius 1 is 0.850 bits per heavy atom. The maximum atomic E-state index is 11.9. The van der Waals surface area contributed by atoms with Gasteiger partial charge in [-0.3, -0.25) is 9.59 Å². The second kappa shape index (κ2) is 7.68. The number of hydrogen-bond acceptors (Lipinski definition) is 2. The highest BCUT2D eigenvalue weighted by atomic mass is 16.2. The van der Waals surface area contributed by atoms with Gasteiger partial charge in [0, 0.05) is 23.2 Å². The van der Waals surface area contributed by atoms with Gasteiger partial charge in [-0.2, -0.15) is 0 Å². The molecule has 0 radical (unpaired) electrons. The van der Waals surface area contributed by atoms with Crippen LogP contribution in [0.25, 0.3) is 0 Å². The summed E-state index contributed by atoms with van der Waals surface area (Å²) in [6.45, 7) is 7.97. The summed E-state index contributed by atoms with van der Waals surface area (Å²) in [7, 11) is 0. The Morgan fingerprint density at radius 2 is 1.15 bits per heavy atom. The Bertz CT molecular complexity index is 411. The first-order valence-corrected chi connectivity index (χ1v) is 7.19. The Kier molecular flexibility index (Phi) is 6.22. The van der Waals surface area contributed by atoms with Crippen molar-refractivity contribution < 1.29 is 9.59 Å². The van der Waals surface area contributed by atoms with E-state index in [1.807, 2.05) is 27.7 Å². The maximum Gasteiger partial charge on any atom is 0.251 e. The van der Waals surface area contributed by atoms with E-state index in [9.17, 15) is 9.59 Å². The van der Waals surface area contributed by atoms with E-state index in [0.29, 0.717) is 11.1 Å². The smallest absolute Gasteiger partial charge is 0.251 e. The molecule has 20 heavy (non-hydrogen) atoms. The first-order chi connectivity index (χ1) is 9.47. The highest BCUT2D eigenvalue weighted by molar-refractivity contribution is 5.97. The fourth-order valence-corrected chi connectivity index (χ4v) is 1.59. The lowest BCUT2D eigenvalue weighted by Crippen LogP contribution is -2.33. The molecular formula is C16H24N2O2. The summed E-state index contributed by atoms with van der Waals surface area (Å²) >= 11 is 0. The first-order valence-electron chi connectivity index (χ1n) is 7.19. The topological polar surface area (TPSA) is 58.2 Å². The number of carbonyl (C=O) groups is 2. The number of nitrogens with one attached hydrogen (secondary N) is 2. The molecule has 2 atom stereocenters. The molecule has 0 aliphatic rings. The van der Waals surface area contributed by atoms with E-state index in [0.717, 1.165) is 12.8 Å². The molecular weight excluding hydrogens is 252 g/mol. The zero-order valence-electron chi connectivity index (χ0n) is 12.7. The van der Waals surface area contributed by atoms with Crippen LogP contribution in [0.1, 0.15) is 61.3 Å². The quantitative estimate of drug-likeness (QED) is 0.839. The van der Waals surface area contributed by atoms with Gasteiger partial charge in [-0.25, -0.2) is 0 Å². The van der Waals surface area contributed by atoms with Crippen molar-refractivity contribution in [1.82, 2.24) is 10.6 Å². The molecule has 110 valence electrons. The zero-order chi connectivity index (χ0) is 15.1. The molecule has 0 unspecified atom stereocenters. The molecule has 2 N–H and O–H groups in total. The third-order valence-corrected chi connectivity index (χ3v) is 3.39. The van der Waals surface area contributed by atoms with Gasteiger partial charge in [0.2, 0.25) is 0 Å². The van der Waals surface area contributed by atoms with E-state index in [-0.39, 0.29) is 23.9 Å². The average Bonchev–Trinajstić information content (AvgIpc) is 2.46. The van der Waals surface area contributed by atoms with Crippen molar-refractivity contribution >= 4 is 11.8 Å². The summed E-state index contributed by atoms with van der Waals surface area (Å²) in [5, 5.41) is 5.79. The molecule has 0 saturated heterocycles. The molecule has 0 saturated carbocycles. The molecule has 1 aromatic carbocycles. The fourth-order valence-electron chi connectivity index (χ4n) is 1.59. The molecule has 0 heterocycles. The molecule has 1 aromatic rings. The van der Waals surface area contributed by atoms with Gasteiger partial charge in [0.15, 0.2) is 0 Å². The highest BCUT2D eigenvalue weighted by Crippen LogP contribution is 2.06. The van der Waals surface area contributed by atoms with Gasteiger partial charge in [-0.1, -0.05) is 13.8 Å². The largest absolute Gasteiger partial charge is 0.350 e. The number of benzene rings is 1. The van der Waals surface area contributed by atoms with Gasteiger partial charge in [0.1, 0.15) is 0 Å². The van der Waals surface area contributed by atoms with Crippen LogP contribution in [0.4, 0.5) is 0 Å². The summed E-state index contributed by atoms with van der Waals surface area (Å²) in [5.41, 5.74) is 1.15. The normalized spacial score (nSPS) is 13.4. The van der Waals surface area contributed by atoms with Gasteiger partial charge in [-0.05, 0) is 51.0 Å². The average molecular weight is 276 g/mol. The summed E-state index contributed by atoms with van der Waals surface area (Å²) in [6.07, 6.45) is 1.78. The van der Waals surface area contributed by atoms with Crippen LogP contribution in [0.3, 0.4) is 0 Å². The van der Waals surface area contributed by atoms with Crippen molar-refractivity contribution in [3.05, 3.63) is 35.4 Å². The van der Waals surface area contributed by atoms with Crippen molar-refractivity contribution in [2.75, 3.05) is 0 Å². The standard InChI is InChI=1S/C16H24N2O2/c1-5-11(3)17-15(19)13-7-9-14(10-8-13)16(20)18-12(4)6-2/h7-12H,5-6H2,1-4H3,(H,17,19)(H,18,20)/t11-,12-/m0/s1. The van der Waals surface area contributed by atoms with E-state index in [1.54, 1.807) is 24.3 Å². The number of carbonyl (C=O) groups excluding carboxylic acids is 2. The van der Waals surface area contributed by atoms with Gasteiger partial charge in [0.25, 0.3) is 11.8 Å². The number of hydrogen-bond donors (Lipinski definition) is 2. The molecule has 0 aromatic heterocycles. The van der Waals surface area contributed by atoms with Gasteiger partial charge >= 0.3 is 0 Å². The Labute approximate surface area is 121 Å². The van der Waals surface area contributed by atoms with Crippen LogP contribution in [0.15, 0.2) is 24.3 Å². The van der Waals surface area contributed by atoms with Crippen LogP contribution in [0.5, 0.6) is 0 Å². The molecule has 0 fully saturated rings. The fraction of sp³-hybridized carbons (Fsp3) is 0.500. The molecule has 2 amide bonds. The lowest BCUT2D eigenvalue weighted by Gasteiger charge is -2.13. The summed E-state index contributed by atoms with van der Waals surface area (Å²) in [4.78, 5) is 23.8. The van der Waals surface area contributed by atoms with E-state index in [1.165, 1.54) is 0 Å². The van der Waals surface area contributed by atoms with Crippen molar-refractivity contribution in [1.29, 1.82) is 0 Å². The highest BCUT2D eigenvalue weighted by Gasteiger charge is 2.11. The Balaban J connectivity index is 2.68. The summed E-state index contributed by atoms with van der Waals surface area (Å²) in [6, 6.07) is 7.03. The lowest BCUT2D eigenvalue weighted by molar-refractivity contribution is 0.0927. The molecule has 4 heteroatoms. The van der Waals surface area contributed by atoms with Crippen molar-refractivity contribution in [2.45, 2.75) is 52.6 Å². The van der Waals surface area contributed by atoms with E-state index in [2.05, 4.69) is 10.6 Å². The summed E-state index contributed by atoms with van der Waals surface area (Å²) < 4.78 is 0. The van der Waals surface area contributed by atoms with Crippen molar-refractivity contribution in [3.63, 3.8) is 0 Å². The zero-order valence-corrected chi connectivity index (χ0v) is 12.7. The Morgan fingerprint density at radius 3 is 1.40 bits per heavy atom. The van der Waals surface area contributed by atoms with Gasteiger partial charge in [-0.15, -0.1) is 0 Å². The van der Waals surface area contributed by atoms with Crippen LogP contribution in [-0.2, 0) is 0 Å². The minimum absolute atomic E-state index is 0.103. The van der Waals surface area contributed by atoms with E-state index in [4.69, 9.17) is 0 Å². The van der Waals surface area contributed by atoms with Gasteiger partial charge in [0.05, 0.1) is 0 Å². The molecule has 1 rings (SSSR count). The number of rotatable bonds is 6. The van der Waals surface area contributed by atoms with E-state index < -0.39 is 0 Å². The monoisotopic (exact) mass is 276 g/mol. The molecule has 0 bridgehead atoms. The molecule has 4 nitrogen and oxygen atoms in total. The van der Waals surface area contributed by atoms with Crippen LogP contribution in [0.2, 0.25) is 0 Å². The third kappa shape index (κ3) is 4.68. The first kappa shape index (κ1) is 16.2. The van der Waals surface area contributed by atoms with E-state index >= 15 is 0 Å². The second-order valence-corrected chi connectivity index (χ2v) is 5.14. The van der Waals surface area contributed by atoms with Crippen molar-refractivity contribution in [3.8, 4) is 0 Å². The Hall–Kier alpha value is -1.84. The molecule has 0 spiro atoms. The van der Waals surface area contributed by atoms with Crippen LogP contribution in [-0.4, -0.2) is 23.9 Å². The van der Waals surface area contributed by atoms with Crippen LogP contribution >= 0.6 is 0 Å². The maximum absolute atomic E-state index is 11.9. The van der Waals surface area contributed by atoms with Crippen molar-refractivity contribution in [2.24, 2.45) is 0 Å². The predicted molar refractivity (Wildman–Crippen MR) is 80.9 cm³/mol. The molecule has 0 aliphatic heterocycles. The molecule has 0 aliphatic carbocycles. The van der Waals surface area contributed by atoms with Gasteiger partial charge < -0.3 is 10.6 Å². The minimum atomic E-state index is -0.103. The predicted octanol–water partition coefficient (Wildman–Crippen LogP) is 2.74. The minimum Gasteiger partial charge on any atom is -0.350 e. The SMILES string of the molecule is CC[C@H](C)NC(=O)c1ccc(C(=O)N[C@@H](C)CC)cc1. The van der Waals surface area contributed by atoms with Crippen LogP contribution < -0.4 is 10.6 Å². The van der Waals surface area contributed by atoms with Crippen LogP contribution in [0, 0.1) is 0 Å². The second-order valence-electron chi connectivity index (χ2n) is 5.14. The third-order valence-electron chi connectivity index (χ3n) is 3.39. The number of amides is 2.